The summed E-state index contributed by atoms with van der Waals surface area (Å²) in [6, 6.07) is 7.98. The van der Waals surface area contributed by atoms with Gasteiger partial charge in [0.2, 0.25) is 15.9 Å². The third-order valence-corrected chi connectivity index (χ3v) is 7.48. The highest BCUT2D eigenvalue weighted by atomic mass is 32.2. The summed E-state index contributed by atoms with van der Waals surface area (Å²) >= 11 is 1.46. The molecule has 0 bridgehead atoms. The van der Waals surface area contributed by atoms with Gasteiger partial charge in [-0.3, -0.25) is 9.59 Å². The fourth-order valence-electron chi connectivity index (χ4n) is 3.06. The van der Waals surface area contributed by atoms with Crippen molar-refractivity contribution in [1.29, 1.82) is 0 Å². The van der Waals surface area contributed by atoms with Crippen molar-refractivity contribution in [3.8, 4) is 0 Å². The van der Waals surface area contributed by atoms with Crippen molar-refractivity contribution < 1.29 is 18.0 Å². The van der Waals surface area contributed by atoms with Crippen LogP contribution in [0.15, 0.2) is 46.0 Å². The van der Waals surface area contributed by atoms with Gasteiger partial charge in [-0.15, -0.1) is 0 Å². The van der Waals surface area contributed by atoms with E-state index in [0.717, 1.165) is 0 Å². The Morgan fingerprint density at radius 3 is 2.40 bits per heavy atom. The monoisotopic (exact) mass is 450 g/mol. The molecule has 2 N–H and O–H groups in total. The van der Waals surface area contributed by atoms with Crippen LogP contribution in [0.1, 0.15) is 23.2 Å². The van der Waals surface area contributed by atoms with Gasteiger partial charge in [0.1, 0.15) is 0 Å². The van der Waals surface area contributed by atoms with Gasteiger partial charge >= 0.3 is 0 Å². The molecule has 0 atom stereocenters. The van der Waals surface area contributed by atoms with E-state index in [1.807, 2.05) is 12.4 Å². The van der Waals surface area contributed by atoms with E-state index < -0.39 is 10.0 Å². The summed E-state index contributed by atoms with van der Waals surface area (Å²) in [6.45, 7) is 2.77. The van der Waals surface area contributed by atoms with Crippen LogP contribution in [-0.2, 0) is 14.8 Å². The minimum atomic E-state index is -3.52. The zero-order valence-corrected chi connectivity index (χ0v) is 18.5. The van der Waals surface area contributed by atoms with Crippen LogP contribution >= 0.6 is 11.3 Å². The second-order valence-corrected chi connectivity index (χ2v) is 9.87. The minimum Gasteiger partial charge on any atom is -0.352 e. The van der Waals surface area contributed by atoms with Crippen molar-refractivity contribution in [3.05, 3.63) is 46.7 Å². The number of carbonyl (C=O) groups excluding carboxylic acids is 2. The maximum atomic E-state index is 12.7. The zero-order valence-electron chi connectivity index (χ0n) is 16.8. The largest absolute Gasteiger partial charge is 0.352 e. The molecule has 30 heavy (non-hydrogen) atoms. The quantitative estimate of drug-likeness (QED) is 0.598. The van der Waals surface area contributed by atoms with Crippen LogP contribution in [-0.4, -0.2) is 69.2 Å². The molecule has 3 rings (SSSR count). The minimum absolute atomic E-state index is 0.145. The van der Waals surface area contributed by atoms with Gasteiger partial charge in [-0.2, -0.15) is 15.6 Å². The number of nitrogens with one attached hydrogen (secondary N) is 2. The molecule has 1 aliphatic rings. The number of carbonyl (C=O) groups is 2. The molecule has 1 aromatic heterocycles. The van der Waals surface area contributed by atoms with Crippen LogP contribution in [0.2, 0.25) is 0 Å². The lowest BCUT2D eigenvalue weighted by Crippen LogP contribution is -2.46. The van der Waals surface area contributed by atoms with Gasteiger partial charge in [-0.25, -0.2) is 8.42 Å². The van der Waals surface area contributed by atoms with Crippen molar-refractivity contribution >= 4 is 38.9 Å². The molecule has 0 radical (unpaired) electrons. The van der Waals surface area contributed by atoms with Gasteiger partial charge in [0.25, 0.3) is 5.91 Å². The molecule has 0 unspecified atom stereocenters. The molecule has 0 saturated carbocycles. The smallest absolute Gasteiger partial charge is 0.252 e. The van der Waals surface area contributed by atoms with Gasteiger partial charge in [0.15, 0.2) is 0 Å². The maximum absolute atomic E-state index is 12.7. The molecular weight excluding hydrogens is 424 g/mol. The van der Waals surface area contributed by atoms with Crippen LogP contribution in [0.4, 0.5) is 5.69 Å². The van der Waals surface area contributed by atoms with E-state index in [1.165, 1.54) is 27.8 Å². The number of thiophene rings is 1. The molecule has 1 fully saturated rings. The first kappa shape index (κ1) is 22.4. The number of anilines is 1. The number of hydrogen-bond acceptors (Lipinski definition) is 6. The standard InChI is InChI=1S/C20H26N4O4S2/c1-23-10-12-24(13-11-23)30(27,28)18-6-4-17(5-7-18)22-19(25)3-2-9-21-20(26)16-8-14-29-15-16/h4-8,14-15H,2-3,9-13H2,1H3,(H,21,26)(H,22,25). The number of sulfonamides is 1. The van der Waals surface area contributed by atoms with Crippen molar-refractivity contribution in [1.82, 2.24) is 14.5 Å². The Morgan fingerprint density at radius 1 is 1.07 bits per heavy atom. The summed E-state index contributed by atoms with van der Waals surface area (Å²) in [4.78, 5) is 26.2. The first-order chi connectivity index (χ1) is 14.4. The average Bonchev–Trinajstić information content (AvgIpc) is 3.27. The van der Waals surface area contributed by atoms with E-state index in [-0.39, 0.29) is 23.1 Å². The molecule has 8 nitrogen and oxygen atoms in total. The first-order valence-electron chi connectivity index (χ1n) is 9.75. The summed E-state index contributed by atoms with van der Waals surface area (Å²) in [5, 5.41) is 9.14. The van der Waals surface area contributed by atoms with E-state index in [4.69, 9.17) is 0 Å². The fraction of sp³-hybridized carbons (Fsp3) is 0.400. The molecule has 0 spiro atoms. The first-order valence-corrected chi connectivity index (χ1v) is 12.1. The van der Waals surface area contributed by atoms with E-state index in [0.29, 0.717) is 50.4 Å². The van der Waals surface area contributed by atoms with Gasteiger partial charge in [-0.05, 0) is 49.2 Å². The number of amides is 2. The number of piperazine rings is 1. The summed E-state index contributed by atoms with van der Waals surface area (Å²) in [7, 11) is -1.55. The third kappa shape index (κ3) is 5.88. The summed E-state index contributed by atoms with van der Waals surface area (Å²) in [6.07, 6.45) is 0.767. The topological polar surface area (TPSA) is 98.8 Å². The Bertz CT molecular complexity index is 951. The van der Waals surface area contributed by atoms with Crippen molar-refractivity contribution in [2.45, 2.75) is 17.7 Å². The molecule has 2 amide bonds. The van der Waals surface area contributed by atoms with Crippen LogP contribution in [0.25, 0.3) is 0 Å². The second kappa shape index (κ2) is 10.2. The number of likely N-dealkylation sites (N-methyl/N-ethyl adjacent to an activating group) is 1. The highest BCUT2D eigenvalue weighted by Gasteiger charge is 2.27. The maximum Gasteiger partial charge on any atom is 0.252 e. The molecular formula is C20H26N4O4S2. The summed E-state index contributed by atoms with van der Waals surface area (Å²) in [5.41, 5.74) is 1.16. The molecule has 2 heterocycles. The zero-order chi connectivity index (χ0) is 21.6. The second-order valence-electron chi connectivity index (χ2n) is 7.15. The van der Waals surface area contributed by atoms with E-state index in [9.17, 15) is 18.0 Å². The third-order valence-electron chi connectivity index (χ3n) is 4.89. The van der Waals surface area contributed by atoms with Crippen LogP contribution < -0.4 is 10.6 Å². The molecule has 1 aliphatic heterocycles. The number of rotatable bonds is 8. The van der Waals surface area contributed by atoms with Crippen molar-refractivity contribution in [2.24, 2.45) is 0 Å². The predicted octanol–water partition coefficient (Wildman–Crippen LogP) is 1.83. The van der Waals surface area contributed by atoms with Crippen LogP contribution in [0.5, 0.6) is 0 Å². The normalized spacial score (nSPS) is 15.6. The Hall–Kier alpha value is -2.27. The highest BCUT2D eigenvalue weighted by molar-refractivity contribution is 7.89. The van der Waals surface area contributed by atoms with Gasteiger partial charge < -0.3 is 15.5 Å². The molecule has 162 valence electrons. The number of hydrogen-bond donors (Lipinski definition) is 2. The van der Waals surface area contributed by atoms with Gasteiger partial charge in [0, 0.05) is 55.8 Å². The lowest BCUT2D eigenvalue weighted by Gasteiger charge is -2.31. The van der Waals surface area contributed by atoms with Crippen LogP contribution in [0.3, 0.4) is 0 Å². The molecule has 1 saturated heterocycles. The summed E-state index contributed by atoms with van der Waals surface area (Å²) < 4.78 is 26.9. The van der Waals surface area contributed by atoms with Crippen LogP contribution in [0, 0.1) is 0 Å². The molecule has 10 heteroatoms. The lowest BCUT2D eigenvalue weighted by atomic mass is 10.2. The predicted molar refractivity (Wildman–Crippen MR) is 117 cm³/mol. The SMILES string of the molecule is CN1CCN(S(=O)(=O)c2ccc(NC(=O)CCCNC(=O)c3ccsc3)cc2)CC1. The van der Waals surface area contributed by atoms with E-state index >= 15 is 0 Å². The molecule has 2 aromatic rings. The Morgan fingerprint density at radius 2 is 1.77 bits per heavy atom. The van der Waals surface area contributed by atoms with Crippen molar-refractivity contribution in [2.75, 3.05) is 45.1 Å². The van der Waals surface area contributed by atoms with Crippen molar-refractivity contribution in [3.63, 3.8) is 0 Å². The Labute approximate surface area is 180 Å². The molecule has 1 aromatic carbocycles. The number of nitrogens with zero attached hydrogens (tertiary/aromatic N) is 2. The van der Waals surface area contributed by atoms with E-state index in [2.05, 4.69) is 15.5 Å². The van der Waals surface area contributed by atoms with Gasteiger partial charge in [-0.1, -0.05) is 0 Å². The van der Waals surface area contributed by atoms with E-state index in [1.54, 1.807) is 23.6 Å². The number of benzene rings is 1. The average molecular weight is 451 g/mol. The summed E-state index contributed by atoms with van der Waals surface area (Å²) in [5.74, 6) is -0.330. The fourth-order valence-corrected chi connectivity index (χ4v) is 5.12. The highest BCUT2D eigenvalue weighted by Crippen LogP contribution is 2.20. The Balaban J connectivity index is 1.44. The lowest BCUT2D eigenvalue weighted by molar-refractivity contribution is -0.116. The molecule has 0 aliphatic carbocycles. The van der Waals surface area contributed by atoms with Gasteiger partial charge in [0.05, 0.1) is 4.90 Å². The Kier molecular flexibility index (Phi) is 7.59.